The Hall–Kier alpha value is -2.25. The summed E-state index contributed by atoms with van der Waals surface area (Å²) in [4.78, 5) is 25.1. The molecule has 0 bridgehead atoms. The minimum Gasteiger partial charge on any atom is -0.491 e. The van der Waals surface area contributed by atoms with E-state index in [1.54, 1.807) is 13.8 Å². The molecule has 0 heterocycles. The van der Waals surface area contributed by atoms with E-state index in [2.05, 4.69) is 17.0 Å². The molecule has 5 nitrogen and oxygen atoms in total. The van der Waals surface area contributed by atoms with Gasteiger partial charge in [0.15, 0.2) is 17.4 Å². The fourth-order valence-corrected chi connectivity index (χ4v) is 4.38. The average molecular weight is 544 g/mol. The van der Waals surface area contributed by atoms with Gasteiger partial charge in [0.2, 0.25) is 5.82 Å². The molecule has 1 atom stereocenters. The monoisotopic (exact) mass is 543 g/mol. The van der Waals surface area contributed by atoms with E-state index in [4.69, 9.17) is 4.74 Å². The van der Waals surface area contributed by atoms with Crippen LogP contribution in [0.5, 0.6) is 5.75 Å². The van der Waals surface area contributed by atoms with Crippen LogP contribution >= 0.6 is 0 Å². The number of unbranched alkanes of at least 4 members (excludes halogenated alkanes) is 14. The summed E-state index contributed by atoms with van der Waals surface area (Å²) >= 11 is 0. The first kappa shape index (κ1) is 33.8. The largest absolute Gasteiger partial charge is 0.491 e. The number of amides is 1. The van der Waals surface area contributed by atoms with Gasteiger partial charge in [-0.2, -0.15) is 4.39 Å². The molecule has 1 amide bonds. The van der Waals surface area contributed by atoms with Crippen LogP contribution in [0.15, 0.2) is 6.07 Å². The van der Waals surface area contributed by atoms with E-state index in [0.717, 1.165) is 26.4 Å². The molecular weight excluding hydrogens is 495 g/mol. The quantitative estimate of drug-likeness (QED) is 0.0963. The lowest BCUT2D eigenvalue weighted by Gasteiger charge is -2.21. The van der Waals surface area contributed by atoms with Crippen molar-refractivity contribution in [3.8, 4) is 5.75 Å². The molecule has 218 valence electrons. The van der Waals surface area contributed by atoms with Crippen LogP contribution in [0.2, 0.25) is 0 Å². The Morgan fingerprint density at radius 2 is 1.26 bits per heavy atom. The van der Waals surface area contributed by atoms with E-state index in [1.807, 2.05) is 0 Å². The lowest BCUT2D eigenvalue weighted by atomic mass is 10.0. The maximum atomic E-state index is 14.4. The van der Waals surface area contributed by atoms with Crippen molar-refractivity contribution < 1.29 is 32.2 Å². The molecule has 1 aromatic rings. The van der Waals surface area contributed by atoms with Crippen LogP contribution < -0.4 is 10.1 Å². The predicted molar refractivity (Wildman–Crippen MR) is 145 cm³/mol. The number of hydrogen-bond donors (Lipinski definition) is 1. The Kier molecular flexibility index (Phi) is 17.6. The molecule has 8 heteroatoms. The van der Waals surface area contributed by atoms with E-state index in [1.165, 1.54) is 77.0 Å². The third-order valence-corrected chi connectivity index (χ3v) is 6.76. The fraction of sp³-hybridized carbons (Fsp3) is 0.733. The zero-order valence-electron chi connectivity index (χ0n) is 23.8. The summed E-state index contributed by atoms with van der Waals surface area (Å²) in [5.41, 5.74) is -0.749. The van der Waals surface area contributed by atoms with Crippen LogP contribution in [0.3, 0.4) is 0 Å². The number of benzene rings is 1. The zero-order chi connectivity index (χ0) is 28.3. The second kappa shape index (κ2) is 19.8. The van der Waals surface area contributed by atoms with E-state index in [0.29, 0.717) is 6.07 Å². The Balaban J connectivity index is 2.25. The highest BCUT2D eigenvalue weighted by atomic mass is 19.2. The summed E-state index contributed by atoms with van der Waals surface area (Å²) in [6.07, 6.45) is 18.5. The molecule has 0 saturated carbocycles. The second-order valence-corrected chi connectivity index (χ2v) is 10.4. The number of methoxy groups -OCH3 is 1. The molecule has 0 spiro atoms. The van der Waals surface area contributed by atoms with Crippen molar-refractivity contribution in [2.24, 2.45) is 5.92 Å². The number of ether oxygens (including phenoxy) is 2. The van der Waals surface area contributed by atoms with Gasteiger partial charge in [-0.05, 0) is 18.4 Å². The highest BCUT2D eigenvalue weighted by Gasteiger charge is 2.29. The van der Waals surface area contributed by atoms with E-state index in [9.17, 15) is 22.8 Å². The summed E-state index contributed by atoms with van der Waals surface area (Å²) in [5, 5.41) is 2.38. The molecular formula is C30H48F3NO4. The summed E-state index contributed by atoms with van der Waals surface area (Å²) in [5.74, 6) is -7.33. The normalized spacial score (nSPS) is 12.0. The molecule has 38 heavy (non-hydrogen) atoms. The van der Waals surface area contributed by atoms with Crippen LogP contribution in [-0.4, -0.2) is 31.6 Å². The van der Waals surface area contributed by atoms with E-state index < -0.39 is 46.7 Å². The van der Waals surface area contributed by atoms with E-state index in [-0.39, 0.29) is 12.5 Å². The van der Waals surface area contributed by atoms with Crippen molar-refractivity contribution in [1.82, 2.24) is 5.32 Å². The number of carbonyl (C=O) groups is 2. The molecule has 1 unspecified atom stereocenters. The van der Waals surface area contributed by atoms with Gasteiger partial charge in [0.05, 0.1) is 19.3 Å². The molecule has 0 fully saturated rings. The van der Waals surface area contributed by atoms with Crippen molar-refractivity contribution in [3.05, 3.63) is 29.1 Å². The Morgan fingerprint density at radius 3 is 1.71 bits per heavy atom. The maximum absolute atomic E-state index is 14.4. The third-order valence-electron chi connectivity index (χ3n) is 6.76. The third kappa shape index (κ3) is 12.5. The minimum absolute atomic E-state index is 0.226. The first-order valence-electron chi connectivity index (χ1n) is 14.4. The Labute approximate surface area is 227 Å². The highest BCUT2D eigenvalue weighted by Crippen LogP contribution is 2.27. The first-order valence-corrected chi connectivity index (χ1v) is 14.4. The molecule has 1 rings (SSSR count). The smallest absolute Gasteiger partial charge is 0.328 e. The number of carbonyl (C=O) groups excluding carboxylic acids is 2. The second-order valence-electron chi connectivity index (χ2n) is 10.4. The van der Waals surface area contributed by atoms with Crippen molar-refractivity contribution in [2.75, 3.05) is 13.7 Å². The zero-order valence-corrected chi connectivity index (χ0v) is 23.8. The van der Waals surface area contributed by atoms with Gasteiger partial charge in [-0.1, -0.05) is 111 Å². The number of halogens is 3. The molecule has 0 aliphatic carbocycles. The molecule has 1 N–H and O–H groups in total. The molecule has 0 aliphatic heterocycles. The van der Waals surface area contributed by atoms with Crippen molar-refractivity contribution in [2.45, 2.75) is 123 Å². The first-order chi connectivity index (χ1) is 18.2. The van der Waals surface area contributed by atoms with E-state index >= 15 is 0 Å². The summed E-state index contributed by atoms with van der Waals surface area (Å²) in [7, 11) is 0.967. The van der Waals surface area contributed by atoms with Crippen molar-refractivity contribution in [1.29, 1.82) is 0 Å². The van der Waals surface area contributed by atoms with Crippen LogP contribution in [0.1, 0.15) is 127 Å². The lowest BCUT2D eigenvalue weighted by Crippen LogP contribution is -2.45. The minimum atomic E-state index is -1.52. The molecule has 0 aromatic heterocycles. The average Bonchev–Trinajstić information content (AvgIpc) is 2.89. The topological polar surface area (TPSA) is 64.6 Å². The van der Waals surface area contributed by atoms with Gasteiger partial charge in [0.1, 0.15) is 6.04 Å². The maximum Gasteiger partial charge on any atom is 0.328 e. The predicted octanol–water partition coefficient (Wildman–Crippen LogP) is 8.28. The van der Waals surface area contributed by atoms with Gasteiger partial charge >= 0.3 is 5.97 Å². The number of nitrogens with one attached hydrogen (secondary N) is 1. The van der Waals surface area contributed by atoms with Gasteiger partial charge in [0, 0.05) is 0 Å². The molecule has 0 radical (unpaired) electrons. The van der Waals surface area contributed by atoms with Crippen molar-refractivity contribution >= 4 is 11.9 Å². The van der Waals surface area contributed by atoms with Gasteiger partial charge in [-0.25, -0.2) is 13.6 Å². The van der Waals surface area contributed by atoms with Crippen LogP contribution in [-0.2, 0) is 9.53 Å². The lowest BCUT2D eigenvalue weighted by molar-refractivity contribution is -0.147. The highest BCUT2D eigenvalue weighted by molar-refractivity contribution is 5.97. The number of rotatable bonds is 21. The van der Waals surface area contributed by atoms with Crippen LogP contribution in [0.25, 0.3) is 0 Å². The summed E-state index contributed by atoms with van der Waals surface area (Å²) in [6.45, 7) is 5.86. The SMILES string of the molecule is CCCCCCCCCCCCCCCCCOC(=O)C(NC(=O)c1cc(F)c(F)c(OC)c1F)C(C)C. The van der Waals surface area contributed by atoms with Crippen LogP contribution in [0.4, 0.5) is 13.2 Å². The van der Waals surface area contributed by atoms with Crippen molar-refractivity contribution in [3.63, 3.8) is 0 Å². The van der Waals surface area contributed by atoms with Gasteiger partial charge in [-0.15, -0.1) is 0 Å². The standard InChI is InChI=1S/C30H48F3NO4/c1-5-6-7-8-9-10-11-12-13-14-15-16-17-18-19-20-38-30(36)27(22(2)3)34-29(35)23-21-24(31)26(33)28(37-4)25(23)32/h21-22,27H,5-20H2,1-4H3,(H,34,35). The fourth-order valence-electron chi connectivity index (χ4n) is 4.38. The summed E-state index contributed by atoms with van der Waals surface area (Å²) in [6, 6.07) is -0.613. The molecule has 1 aromatic carbocycles. The summed E-state index contributed by atoms with van der Waals surface area (Å²) < 4.78 is 51.7. The molecule has 0 saturated heterocycles. The van der Waals surface area contributed by atoms with Gasteiger partial charge in [0.25, 0.3) is 5.91 Å². The Bertz CT molecular complexity index is 832. The van der Waals surface area contributed by atoms with Crippen LogP contribution in [0, 0.1) is 23.4 Å². The number of hydrogen-bond acceptors (Lipinski definition) is 4. The van der Waals surface area contributed by atoms with Gasteiger partial charge < -0.3 is 14.8 Å². The number of esters is 1. The molecule has 0 aliphatic rings. The Morgan fingerprint density at radius 1 is 0.789 bits per heavy atom. The van der Waals surface area contributed by atoms with Gasteiger partial charge in [-0.3, -0.25) is 4.79 Å².